The number of fused-ring (bicyclic) bond motifs is 1. The first-order valence-corrected chi connectivity index (χ1v) is 8.19. The molecule has 0 saturated heterocycles. The molecule has 1 atom stereocenters. The van der Waals surface area contributed by atoms with Crippen LogP contribution in [0.25, 0.3) is 0 Å². The summed E-state index contributed by atoms with van der Waals surface area (Å²) in [5.41, 5.74) is 3.31. The van der Waals surface area contributed by atoms with Crippen molar-refractivity contribution in [2.75, 3.05) is 0 Å². The number of benzene rings is 1. The summed E-state index contributed by atoms with van der Waals surface area (Å²) in [6.07, 6.45) is 6.00. The van der Waals surface area contributed by atoms with Crippen LogP contribution in [-0.4, -0.2) is 16.9 Å². The molecule has 1 aliphatic carbocycles. The van der Waals surface area contributed by atoms with Gasteiger partial charge in [-0.1, -0.05) is 37.6 Å². The van der Waals surface area contributed by atoms with Gasteiger partial charge in [0.05, 0.1) is 5.71 Å². The fourth-order valence-corrected chi connectivity index (χ4v) is 3.13. The Kier molecular flexibility index (Phi) is 5.99. The fraction of sp³-hybridized carbons (Fsp3) is 0.556. The lowest BCUT2D eigenvalue weighted by Crippen LogP contribution is -2.19. The Morgan fingerprint density at radius 2 is 2.23 bits per heavy atom. The third kappa shape index (κ3) is 4.09. The summed E-state index contributed by atoms with van der Waals surface area (Å²) in [5, 5.41) is 12.5. The Balaban J connectivity index is 2.08. The molecule has 0 spiro atoms. The monoisotopic (exact) mass is 303 g/mol. The van der Waals surface area contributed by atoms with Gasteiger partial charge in [0.1, 0.15) is 5.75 Å². The number of esters is 1. The number of nitrogens with zero attached hydrogens (tertiary/aromatic N) is 1. The number of hydrogen-bond donors (Lipinski definition) is 1. The van der Waals surface area contributed by atoms with E-state index >= 15 is 0 Å². The molecule has 0 radical (unpaired) electrons. The van der Waals surface area contributed by atoms with Crippen LogP contribution >= 0.6 is 0 Å². The summed E-state index contributed by atoms with van der Waals surface area (Å²) in [5.74, 6) is 1.03. The summed E-state index contributed by atoms with van der Waals surface area (Å²) in [7, 11) is 0. The third-order valence-electron chi connectivity index (χ3n) is 4.26. The Morgan fingerprint density at radius 3 is 2.91 bits per heavy atom. The molecule has 1 unspecified atom stereocenters. The standard InChI is InChI=1S/C18H25NO3/c1-3-6-15(19-21)12-13-9-10-16-14(11-13)7-5-8-17(16)22-18(20)4-2/h5,7-8,13,21H,3-4,6,9-12H2,1-2H3. The Bertz CT molecular complexity index is 551. The van der Waals surface area contributed by atoms with Crippen molar-refractivity contribution in [1.29, 1.82) is 0 Å². The number of ether oxygens (including phenoxy) is 1. The molecule has 1 aliphatic rings. The molecular formula is C18H25NO3. The SMILES string of the molecule is CCCC(CC1CCc2c(cccc2OC(=O)CC)C1)=NO. The van der Waals surface area contributed by atoms with Gasteiger partial charge in [0.15, 0.2) is 0 Å². The van der Waals surface area contributed by atoms with Gasteiger partial charge in [-0.2, -0.15) is 0 Å². The normalized spacial score (nSPS) is 17.9. The number of oxime groups is 1. The summed E-state index contributed by atoms with van der Waals surface area (Å²) >= 11 is 0. The lowest BCUT2D eigenvalue weighted by atomic mass is 9.80. The van der Waals surface area contributed by atoms with Crippen molar-refractivity contribution < 1.29 is 14.7 Å². The van der Waals surface area contributed by atoms with Crippen LogP contribution in [-0.2, 0) is 17.6 Å². The molecular weight excluding hydrogens is 278 g/mol. The lowest BCUT2D eigenvalue weighted by molar-refractivity contribution is -0.134. The Labute approximate surface area is 132 Å². The topological polar surface area (TPSA) is 58.9 Å². The molecule has 1 aromatic rings. The zero-order valence-corrected chi connectivity index (χ0v) is 13.5. The van der Waals surface area contributed by atoms with Crippen LogP contribution in [0.15, 0.2) is 23.4 Å². The Morgan fingerprint density at radius 1 is 1.41 bits per heavy atom. The maximum Gasteiger partial charge on any atom is 0.310 e. The number of rotatable bonds is 6. The van der Waals surface area contributed by atoms with E-state index in [1.165, 1.54) is 11.1 Å². The second kappa shape index (κ2) is 7.97. The number of carbonyl (C=O) groups excluding carboxylic acids is 1. The van der Waals surface area contributed by atoms with E-state index in [2.05, 4.69) is 18.1 Å². The number of hydrogen-bond acceptors (Lipinski definition) is 4. The summed E-state index contributed by atoms with van der Waals surface area (Å²) in [6, 6.07) is 5.94. The minimum atomic E-state index is -0.187. The van der Waals surface area contributed by atoms with Crippen molar-refractivity contribution in [1.82, 2.24) is 0 Å². The van der Waals surface area contributed by atoms with Gasteiger partial charge in [0.25, 0.3) is 0 Å². The van der Waals surface area contributed by atoms with Gasteiger partial charge in [-0.25, -0.2) is 0 Å². The smallest absolute Gasteiger partial charge is 0.310 e. The van der Waals surface area contributed by atoms with Crippen LogP contribution in [0.4, 0.5) is 0 Å². The first-order chi connectivity index (χ1) is 10.7. The first-order valence-electron chi connectivity index (χ1n) is 8.19. The van der Waals surface area contributed by atoms with E-state index in [4.69, 9.17) is 9.94 Å². The third-order valence-corrected chi connectivity index (χ3v) is 4.26. The molecule has 4 heteroatoms. The van der Waals surface area contributed by atoms with Crippen LogP contribution in [0.3, 0.4) is 0 Å². The first kappa shape index (κ1) is 16.5. The second-order valence-corrected chi connectivity index (χ2v) is 5.95. The summed E-state index contributed by atoms with van der Waals surface area (Å²) < 4.78 is 5.44. The largest absolute Gasteiger partial charge is 0.426 e. The van der Waals surface area contributed by atoms with Crippen LogP contribution in [0.2, 0.25) is 0 Å². The molecule has 1 aromatic carbocycles. The zero-order chi connectivity index (χ0) is 15.9. The van der Waals surface area contributed by atoms with Crippen LogP contribution in [0.5, 0.6) is 5.75 Å². The van der Waals surface area contributed by atoms with Gasteiger partial charge >= 0.3 is 5.97 Å². The highest BCUT2D eigenvalue weighted by Gasteiger charge is 2.23. The molecule has 22 heavy (non-hydrogen) atoms. The van der Waals surface area contributed by atoms with E-state index in [9.17, 15) is 4.79 Å². The second-order valence-electron chi connectivity index (χ2n) is 5.95. The summed E-state index contributed by atoms with van der Waals surface area (Å²) in [6.45, 7) is 3.90. The average Bonchev–Trinajstić information content (AvgIpc) is 2.54. The van der Waals surface area contributed by atoms with E-state index in [1.54, 1.807) is 6.92 Å². The number of carbonyl (C=O) groups is 1. The van der Waals surface area contributed by atoms with Gasteiger partial charge in [-0.05, 0) is 55.2 Å². The highest BCUT2D eigenvalue weighted by molar-refractivity contribution is 5.84. The quantitative estimate of drug-likeness (QED) is 0.283. The van der Waals surface area contributed by atoms with E-state index < -0.39 is 0 Å². The van der Waals surface area contributed by atoms with Crippen molar-refractivity contribution in [2.24, 2.45) is 11.1 Å². The molecule has 0 heterocycles. The highest BCUT2D eigenvalue weighted by atomic mass is 16.5. The Hall–Kier alpha value is -1.84. The molecule has 0 amide bonds. The highest BCUT2D eigenvalue weighted by Crippen LogP contribution is 2.34. The van der Waals surface area contributed by atoms with Crippen molar-refractivity contribution >= 4 is 11.7 Å². The molecule has 0 aromatic heterocycles. The van der Waals surface area contributed by atoms with E-state index in [0.29, 0.717) is 18.1 Å². The van der Waals surface area contributed by atoms with Gasteiger partial charge < -0.3 is 9.94 Å². The van der Waals surface area contributed by atoms with Gasteiger partial charge in [0.2, 0.25) is 0 Å². The molecule has 0 aliphatic heterocycles. The van der Waals surface area contributed by atoms with Crippen molar-refractivity contribution in [3.05, 3.63) is 29.3 Å². The van der Waals surface area contributed by atoms with Gasteiger partial charge in [-0.3, -0.25) is 4.79 Å². The molecule has 0 bridgehead atoms. The lowest BCUT2D eigenvalue weighted by Gasteiger charge is -2.26. The predicted molar refractivity (Wildman–Crippen MR) is 86.6 cm³/mol. The van der Waals surface area contributed by atoms with Crippen molar-refractivity contribution in [2.45, 2.75) is 58.8 Å². The summed E-state index contributed by atoms with van der Waals surface area (Å²) in [4.78, 5) is 11.5. The van der Waals surface area contributed by atoms with Gasteiger partial charge in [-0.15, -0.1) is 0 Å². The minimum Gasteiger partial charge on any atom is -0.426 e. The molecule has 4 nitrogen and oxygen atoms in total. The van der Waals surface area contributed by atoms with Crippen LogP contribution in [0.1, 0.15) is 57.1 Å². The van der Waals surface area contributed by atoms with Gasteiger partial charge in [0, 0.05) is 6.42 Å². The van der Waals surface area contributed by atoms with E-state index in [0.717, 1.165) is 44.2 Å². The van der Waals surface area contributed by atoms with Crippen LogP contribution < -0.4 is 4.74 Å². The maximum atomic E-state index is 11.5. The average molecular weight is 303 g/mol. The fourth-order valence-electron chi connectivity index (χ4n) is 3.13. The minimum absolute atomic E-state index is 0.187. The molecule has 0 fully saturated rings. The van der Waals surface area contributed by atoms with Crippen molar-refractivity contribution in [3.8, 4) is 5.75 Å². The zero-order valence-electron chi connectivity index (χ0n) is 13.5. The van der Waals surface area contributed by atoms with E-state index in [-0.39, 0.29) is 5.97 Å². The molecule has 1 N–H and O–H groups in total. The molecule has 0 saturated carbocycles. The molecule has 120 valence electrons. The maximum absolute atomic E-state index is 11.5. The van der Waals surface area contributed by atoms with Crippen molar-refractivity contribution in [3.63, 3.8) is 0 Å². The molecule has 2 rings (SSSR count). The predicted octanol–water partition coefficient (Wildman–Crippen LogP) is 4.13. The van der Waals surface area contributed by atoms with E-state index in [1.807, 2.05) is 12.1 Å². The van der Waals surface area contributed by atoms with Crippen LogP contribution in [0, 0.1) is 5.92 Å².